The van der Waals surface area contributed by atoms with Gasteiger partial charge in [-0.2, -0.15) is 0 Å². The summed E-state index contributed by atoms with van der Waals surface area (Å²) in [7, 11) is -3.91. The fraction of sp³-hybridized carbons (Fsp3) is 0.462. The van der Waals surface area contributed by atoms with Gasteiger partial charge in [-0.3, -0.25) is 9.10 Å². The molecule has 3 atom stereocenters. The van der Waals surface area contributed by atoms with Crippen LogP contribution >= 0.6 is 0 Å². The zero-order chi connectivity index (χ0) is 24.9. The van der Waals surface area contributed by atoms with E-state index in [0.29, 0.717) is 23.1 Å². The SMILES string of the molecule is CCN(c1ccccc1)S(=O)(=O)c1cc(C(=O)OCC(=O)N[C@@H]2CCC[C@H](C)[C@H]2C)ccc1C. The number of carbonyl (C=O) groups excluding carboxylic acids is 2. The zero-order valence-corrected chi connectivity index (χ0v) is 21.1. The maximum atomic E-state index is 13.4. The number of nitrogens with one attached hydrogen (secondary N) is 1. The van der Waals surface area contributed by atoms with Gasteiger partial charge in [-0.15, -0.1) is 0 Å². The number of nitrogens with zero attached hydrogens (tertiary/aromatic N) is 1. The van der Waals surface area contributed by atoms with Gasteiger partial charge in [-0.1, -0.05) is 51.0 Å². The van der Waals surface area contributed by atoms with Gasteiger partial charge in [0.1, 0.15) is 0 Å². The van der Waals surface area contributed by atoms with Crippen LogP contribution in [0.3, 0.4) is 0 Å². The highest BCUT2D eigenvalue weighted by atomic mass is 32.2. The van der Waals surface area contributed by atoms with E-state index >= 15 is 0 Å². The minimum atomic E-state index is -3.91. The summed E-state index contributed by atoms with van der Waals surface area (Å²) in [6.45, 7) is 7.58. The highest BCUT2D eigenvalue weighted by Gasteiger charge is 2.29. The van der Waals surface area contributed by atoms with Crippen LogP contribution in [0.25, 0.3) is 0 Å². The van der Waals surface area contributed by atoms with Gasteiger partial charge in [0.15, 0.2) is 6.61 Å². The number of esters is 1. The van der Waals surface area contributed by atoms with Crippen molar-refractivity contribution in [2.24, 2.45) is 11.8 Å². The molecule has 34 heavy (non-hydrogen) atoms. The van der Waals surface area contributed by atoms with Gasteiger partial charge in [-0.05, 0) is 61.9 Å². The van der Waals surface area contributed by atoms with Crippen LogP contribution in [0, 0.1) is 18.8 Å². The Balaban J connectivity index is 1.71. The Hall–Kier alpha value is -2.87. The Kier molecular flexibility index (Phi) is 8.36. The molecule has 7 nitrogen and oxygen atoms in total. The number of ether oxygens (including phenoxy) is 1. The molecule has 0 unspecified atom stereocenters. The van der Waals surface area contributed by atoms with Gasteiger partial charge in [0.2, 0.25) is 0 Å². The molecular weight excluding hydrogens is 452 g/mol. The van der Waals surface area contributed by atoms with Crippen molar-refractivity contribution in [1.29, 1.82) is 0 Å². The lowest BCUT2D eigenvalue weighted by atomic mass is 9.78. The maximum Gasteiger partial charge on any atom is 0.338 e. The van der Waals surface area contributed by atoms with Crippen molar-refractivity contribution in [2.75, 3.05) is 17.5 Å². The summed E-state index contributed by atoms with van der Waals surface area (Å²) in [4.78, 5) is 25.1. The molecule has 3 rings (SSSR count). The molecule has 1 fully saturated rings. The predicted molar refractivity (Wildman–Crippen MR) is 132 cm³/mol. The number of hydrogen-bond donors (Lipinski definition) is 1. The van der Waals surface area contributed by atoms with E-state index in [1.54, 1.807) is 44.2 Å². The summed E-state index contributed by atoms with van der Waals surface area (Å²) in [5.41, 5.74) is 1.14. The number of hydrogen-bond acceptors (Lipinski definition) is 5. The first-order valence-corrected chi connectivity index (χ1v) is 13.2. The molecule has 0 saturated heterocycles. The topological polar surface area (TPSA) is 92.8 Å². The Bertz CT molecular complexity index is 1120. The standard InChI is InChI=1S/C26H34N2O5S/c1-5-28(22-11-7-6-8-12-22)34(31,32)24-16-21(15-14-19(24)3)26(30)33-17-25(29)27-23-13-9-10-18(2)20(23)4/h6-8,11-12,14-16,18,20,23H,5,9-10,13,17H2,1-4H3,(H,27,29)/t18-,20+,23+/m0/s1. The third-order valence-electron chi connectivity index (χ3n) is 6.71. The smallest absolute Gasteiger partial charge is 0.338 e. The molecule has 0 aromatic heterocycles. The number of benzene rings is 2. The second-order valence-electron chi connectivity index (χ2n) is 9.00. The van der Waals surface area contributed by atoms with Gasteiger partial charge in [0.25, 0.3) is 15.9 Å². The highest BCUT2D eigenvalue weighted by Crippen LogP contribution is 2.29. The second kappa shape index (κ2) is 11.0. The van der Waals surface area contributed by atoms with Gasteiger partial charge in [0, 0.05) is 12.6 Å². The largest absolute Gasteiger partial charge is 0.452 e. The quantitative estimate of drug-likeness (QED) is 0.562. The Morgan fingerprint density at radius 1 is 1.09 bits per heavy atom. The number of aryl methyl sites for hydroxylation is 1. The van der Waals surface area contributed by atoms with E-state index in [1.807, 2.05) is 6.07 Å². The molecule has 8 heteroatoms. The average molecular weight is 487 g/mol. The molecular formula is C26H34N2O5S. The molecule has 2 aromatic rings. The molecule has 1 saturated carbocycles. The molecule has 0 heterocycles. The van der Waals surface area contributed by atoms with Crippen molar-refractivity contribution in [2.45, 2.75) is 57.9 Å². The maximum absolute atomic E-state index is 13.4. The number of amides is 1. The number of rotatable bonds is 8. The minimum Gasteiger partial charge on any atom is -0.452 e. The molecule has 0 aliphatic heterocycles. The van der Waals surface area contributed by atoms with E-state index in [9.17, 15) is 18.0 Å². The summed E-state index contributed by atoms with van der Waals surface area (Å²) < 4.78 is 33.3. The highest BCUT2D eigenvalue weighted by molar-refractivity contribution is 7.92. The number of anilines is 1. The molecule has 1 aliphatic carbocycles. The summed E-state index contributed by atoms with van der Waals surface area (Å²) in [6, 6.07) is 13.3. The minimum absolute atomic E-state index is 0.0297. The van der Waals surface area contributed by atoms with Gasteiger partial charge in [0.05, 0.1) is 16.1 Å². The third-order valence-corrected chi connectivity index (χ3v) is 8.76. The molecule has 184 valence electrons. The second-order valence-corrected chi connectivity index (χ2v) is 10.8. The van der Waals surface area contributed by atoms with Crippen LogP contribution in [-0.4, -0.2) is 39.5 Å². The van der Waals surface area contributed by atoms with E-state index in [0.717, 1.165) is 19.3 Å². The first-order valence-electron chi connectivity index (χ1n) is 11.8. The lowest BCUT2D eigenvalue weighted by molar-refractivity contribution is -0.125. The molecule has 0 bridgehead atoms. The number of sulfonamides is 1. The van der Waals surface area contributed by atoms with Crippen molar-refractivity contribution in [3.05, 3.63) is 59.7 Å². The summed E-state index contributed by atoms with van der Waals surface area (Å²) >= 11 is 0. The Morgan fingerprint density at radius 2 is 1.79 bits per heavy atom. The number of carbonyl (C=O) groups is 2. The lowest BCUT2D eigenvalue weighted by Gasteiger charge is -2.34. The molecule has 1 amide bonds. The summed E-state index contributed by atoms with van der Waals surface area (Å²) in [6.07, 6.45) is 3.13. The fourth-order valence-electron chi connectivity index (χ4n) is 4.46. The summed E-state index contributed by atoms with van der Waals surface area (Å²) in [5, 5.41) is 2.97. The molecule has 2 aromatic carbocycles. The van der Waals surface area contributed by atoms with E-state index in [1.165, 1.54) is 16.4 Å². The normalized spacial score (nSPS) is 20.4. The first kappa shape index (κ1) is 25.7. The van der Waals surface area contributed by atoms with E-state index < -0.39 is 22.6 Å². The molecule has 0 spiro atoms. The number of para-hydroxylation sites is 1. The van der Waals surface area contributed by atoms with Crippen LogP contribution in [0.5, 0.6) is 0 Å². The van der Waals surface area contributed by atoms with Crippen LogP contribution in [0.15, 0.2) is 53.4 Å². The third kappa shape index (κ3) is 5.78. The molecule has 1 N–H and O–H groups in total. The van der Waals surface area contributed by atoms with Gasteiger partial charge < -0.3 is 10.1 Å². The van der Waals surface area contributed by atoms with E-state index in [4.69, 9.17) is 4.74 Å². The summed E-state index contributed by atoms with van der Waals surface area (Å²) in [5.74, 6) is -0.183. The zero-order valence-electron chi connectivity index (χ0n) is 20.3. The van der Waals surface area contributed by atoms with Crippen molar-refractivity contribution in [3.63, 3.8) is 0 Å². The van der Waals surface area contributed by atoms with Gasteiger partial charge in [-0.25, -0.2) is 13.2 Å². The van der Waals surface area contributed by atoms with Crippen LogP contribution in [0.2, 0.25) is 0 Å². The Morgan fingerprint density at radius 3 is 2.47 bits per heavy atom. The van der Waals surface area contributed by atoms with E-state index in [-0.39, 0.29) is 29.0 Å². The van der Waals surface area contributed by atoms with Crippen LogP contribution in [0.1, 0.15) is 56.0 Å². The van der Waals surface area contributed by atoms with Gasteiger partial charge >= 0.3 is 5.97 Å². The predicted octanol–water partition coefficient (Wildman–Crippen LogP) is 4.31. The van der Waals surface area contributed by atoms with Crippen molar-refractivity contribution in [3.8, 4) is 0 Å². The monoisotopic (exact) mass is 486 g/mol. The van der Waals surface area contributed by atoms with Crippen LogP contribution in [-0.2, 0) is 19.6 Å². The Labute approximate surface area is 202 Å². The van der Waals surface area contributed by atoms with Crippen molar-refractivity contribution in [1.82, 2.24) is 5.32 Å². The molecule has 0 radical (unpaired) electrons. The molecule has 1 aliphatic rings. The average Bonchev–Trinajstić information content (AvgIpc) is 2.81. The van der Waals surface area contributed by atoms with Crippen molar-refractivity contribution < 1.29 is 22.7 Å². The van der Waals surface area contributed by atoms with Crippen LogP contribution < -0.4 is 9.62 Å². The first-order chi connectivity index (χ1) is 16.1. The van der Waals surface area contributed by atoms with Crippen molar-refractivity contribution >= 4 is 27.6 Å². The fourth-order valence-corrected chi connectivity index (χ4v) is 6.19. The van der Waals surface area contributed by atoms with E-state index in [2.05, 4.69) is 19.2 Å². The van der Waals surface area contributed by atoms with Crippen LogP contribution in [0.4, 0.5) is 5.69 Å². The lowest BCUT2D eigenvalue weighted by Crippen LogP contribution is -2.45.